The van der Waals surface area contributed by atoms with Gasteiger partial charge in [-0.2, -0.15) is 0 Å². The largest absolute Gasteiger partial charge is 0.380 e. The van der Waals surface area contributed by atoms with Gasteiger partial charge < -0.3 is 4.74 Å². The molecule has 2 aromatic rings. The summed E-state index contributed by atoms with van der Waals surface area (Å²) >= 11 is 0. The van der Waals surface area contributed by atoms with Crippen molar-refractivity contribution in [1.29, 1.82) is 0 Å². The van der Waals surface area contributed by atoms with Gasteiger partial charge in [-0.1, -0.05) is 74.0 Å². The summed E-state index contributed by atoms with van der Waals surface area (Å²) in [4.78, 5) is 0. The summed E-state index contributed by atoms with van der Waals surface area (Å²) in [6, 6.07) is 20.7. The molecule has 2 rings (SSSR count). The van der Waals surface area contributed by atoms with Crippen LogP contribution in [0.4, 0.5) is 0 Å². The molecule has 0 unspecified atom stereocenters. The van der Waals surface area contributed by atoms with Crippen LogP contribution in [0.5, 0.6) is 0 Å². The number of hydrogen-bond acceptors (Lipinski definition) is 1. The predicted octanol–water partition coefficient (Wildman–Crippen LogP) is 4.47. The third kappa shape index (κ3) is 6.21. The van der Waals surface area contributed by atoms with Crippen molar-refractivity contribution in [2.45, 2.75) is 26.4 Å². The Bertz CT molecular complexity index is 353. The third-order valence-corrected chi connectivity index (χ3v) is 2.54. The normalized spacial score (nSPS) is 9.44. The monoisotopic (exact) mass is 242 g/mol. The summed E-state index contributed by atoms with van der Waals surface area (Å²) < 4.78 is 4.93. The molecule has 18 heavy (non-hydrogen) atoms. The van der Waals surface area contributed by atoms with Gasteiger partial charge in [0.1, 0.15) is 0 Å². The molecule has 96 valence electrons. The standard InChI is InChI=1S/C9H12.C8H10O/c1-2-6-9-7-4-3-5-8-9;1-9-7-8-5-3-2-4-6-8/h3-5,7-8H,2,6H2,1H3;2-6H,7H2,1H3. The van der Waals surface area contributed by atoms with E-state index in [2.05, 4.69) is 37.3 Å². The van der Waals surface area contributed by atoms with E-state index >= 15 is 0 Å². The first kappa shape index (κ1) is 14.5. The van der Waals surface area contributed by atoms with E-state index in [9.17, 15) is 0 Å². The zero-order chi connectivity index (χ0) is 13.1. The Morgan fingerprint density at radius 2 is 1.28 bits per heavy atom. The molecule has 1 nitrogen and oxygen atoms in total. The van der Waals surface area contributed by atoms with Crippen LogP contribution in [0, 0.1) is 0 Å². The quantitative estimate of drug-likeness (QED) is 0.768. The van der Waals surface area contributed by atoms with Gasteiger partial charge in [0.2, 0.25) is 0 Å². The van der Waals surface area contributed by atoms with Gasteiger partial charge in [-0.15, -0.1) is 0 Å². The molecule has 2 aromatic carbocycles. The van der Waals surface area contributed by atoms with Gasteiger partial charge >= 0.3 is 0 Å². The molecule has 0 bridgehead atoms. The van der Waals surface area contributed by atoms with E-state index in [0.717, 1.165) is 0 Å². The number of ether oxygens (including phenoxy) is 1. The van der Waals surface area contributed by atoms with Gasteiger partial charge in [0.25, 0.3) is 0 Å². The van der Waals surface area contributed by atoms with Gasteiger partial charge in [-0.3, -0.25) is 0 Å². The lowest BCUT2D eigenvalue weighted by Gasteiger charge is -1.95. The first-order valence-electron chi connectivity index (χ1n) is 6.43. The molecule has 0 amide bonds. The fourth-order valence-electron chi connectivity index (χ4n) is 1.67. The Hall–Kier alpha value is -1.60. The second kappa shape index (κ2) is 9.43. The highest BCUT2D eigenvalue weighted by Crippen LogP contribution is 2.00. The van der Waals surface area contributed by atoms with Gasteiger partial charge in [-0.05, 0) is 17.5 Å². The highest BCUT2D eigenvalue weighted by Gasteiger charge is 1.85. The molecule has 0 aliphatic carbocycles. The average Bonchev–Trinajstić information content (AvgIpc) is 2.43. The van der Waals surface area contributed by atoms with Crippen molar-refractivity contribution in [2.75, 3.05) is 7.11 Å². The van der Waals surface area contributed by atoms with Crippen molar-refractivity contribution in [3.8, 4) is 0 Å². The minimum atomic E-state index is 0.709. The highest BCUT2D eigenvalue weighted by molar-refractivity contribution is 5.14. The molecular formula is C17H22O. The zero-order valence-corrected chi connectivity index (χ0v) is 11.3. The zero-order valence-electron chi connectivity index (χ0n) is 11.3. The lowest BCUT2D eigenvalue weighted by atomic mass is 10.1. The molecule has 0 saturated heterocycles. The van der Waals surface area contributed by atoms with Crippen LogP contribution in [-0.2, 0) is 17.8 Å². The minimum absolute atomic E-state index is 0.709. The van der Waals surface area contributed by atoms with Crippen LogP contribution in [-0.4, -0.2) is 7.11 Å². The summed E-state index contributed by atoms with van der Waals surface area (Å²) in [7, 11) is 1.70. The minimum Gasteiger partial charge on any atom is -0.380 e. The second-order valence-electron chi connectivity index (χ2n) is 4.15. The summed E-state index contributed by atoms with van der Waals surface area (Å²) in [6.45, 7) is 2.91. The summed E-state index contributed by atoms with van der Waals surface area (Å²) in [5.41, 5.74) is 2.67. The number of hydrogen-bond donors (Lipinski definition) is 0. The molecule has 0 spiro atoms. The van der Waals surface area contributed by atoms with Crippen molar-refractivity contribution >= 4 is 0 Å². The molecule has 1 heteroatoms. The van der Waals surface area contributed by atoms with E-state index < -0.39 is 0 Å². The first-order chi connectivity index (χ1) is 8.86. The third-order valence-electron chi connectivity index (χ3n) is 2.54. The van der Waals surface area contributed by atoms with Crippen LogP contribution in [0.3, 0.4) is 0 Å². The van der Waals surface area contributed by atoms with Crippen molar-refractivity contribution < 1.29 is 4.74 Å². The van der Waals surface area contributed by atoms with Crippen LogP contribution in [0.15, 0.2) is 60.7 Å². The van der Waals surface area contributed by atoms with Gasteiger partial charge in [-0.25, -0.2) is 0 Å². The fraction of sp³-hybridized carbons (Fsp3) is 0.294. The maximum absolute atomic E-state index is 4.93. The smallest absolute Gasteiger partial charge is 0.0713 e. The van der Waals surface area contributed by atoms with E-state index in [1.165, 1.54) is 24.0 Å². The van der Waals surface area contributed by atoms with E-state index in [0.29, 0.717) is 6.61 Å². The maximum Gasteiger partial charge on any atom is 0.0713 e. The van der Waals surface area contributed by atoms with Gasteiger partial charge in [0.05, 0.1) is 6.61 Å². The van der Waals surface area contributed by atoms with E-state index in [1.807, 2.05) is 30.3 Å². The Labute approximate surface area is 110 Å². The number of methoxy groups -OCH3 is 1. The van der Waals surface area contributed by atoms with Crippen LogP contribution in [0.2, 0.25) is 0 Å². The van der Waals surface area contributed by atoms with Gasteiger partial charge in [0.15, 0.2) is 0 Å². The number of aryl methyl sites for hydroxylation is 1. The van der Waals surface area contributed by atoms with Gasteiger partial charge in [0, 0.05) is 7.11 Å². The number of rotatable bonds is 4. The molecule has 0 atom stereocenters. The SMILES string of the molecule is CCCc1ccccc1.COCc1ccccc1. The van der Waals surface area contributed by atoms with Crippen molar-refractivity contribution in [3.05, 3.63) is 71.8 Å². The summed E-state index contributed by atoms with van der Waals surface area (Å²) in [5, 5.41) is 0. The molecule has 0 aliphatic heterocycles. The molecule has 0 aromatic heterocycles. The van der Waals surface area contributed by atoms with Crippen LogP contribution in [0.25, 0.3) is 0 Å². The molecular weight excluding hydrogens is 220 g/mol. The molecule has 0 radical (unpaired) electrons. The van der Waals surface area contributed by atoms with Crippen molar-refractivity contribution in [2.24, 2.45) is 0 Å². The van der Waals surface area contributed by atoms with Crippen molar-refractivity contribution in [3.63, 3.8) is 0 Å². The molecule has 0 fully saturated rings. The topological polar surface area (TPSA) is 9.23 Å². The highest BCUT2D eigenvalue weighted by atomic mass is 16.5. The maximum atomic E-state index is 4.93. The average molecular weight is 242 g/mol. The first-order valence-corrected chi connectivity index (χ1v) is 6.43. The van der Waals surface area contributed by atoms with E-state index in [4.69, 9.17) is 4.74 Å². The summed E-state index contributed by atoms with van der Waals surface area (Å²) in [6.07, 6.45) is 2.45. The summed E-state index contributed by atoms with van der Waals surface area (Å²) in [5.74, 6) is 0. The number of benzene rings is 2. The Morgan fingerprint density at radius 1 is 0.778 bits per heavy atom. The molecule has 0 N–H and O–H groups in total. The Kier molecular flexibility index (Phi) is 7.58. The van der Waals surface area contributed by atoms with E-state index in [-0.39, 0.29) is 0 Å². The lowest BCUT2D eigenvalue weighted by molar-refractivity contribution is 0.185. The van der Waals surface area contributed by atoms with Crippen molar-refractivity contribution in [1.82, 2.24) is 0 Å². The molecule has 0 saturated carbocycles. The van der Waals surface area contributed by atoms with E-state index in [1.54, 1.807) is 7.11 Å². The predicted molar refractivity (Wildman–Crippen MR) is 77.6 cm³/mol. The molecule has 0 heterocycles. The second-order valence-corrected chi connectivity index (χ2v) is 4.15. The Balaban J connectivity index is 0.000000180. The Morgan fingerprint density at radius 3 is 1.72 bits per heavy atom. The lowest BCUT2D eigenvalue weighted by Crippen LogP contribution is -1.84. The van der Waals surface area contributed by atoms with Crippen LogP contribution in [0.1, 0.15) is 24.5 Å². The molecule has 0 aliphatic rings. The fourth-order valence-corrected chi connectivity index (χ4v) is 1.67. The van der Waals surface area contributed by atoms with Crippen LogP contribution >= 0.6 is 0 Å². The van der Waals surface area contributed by atoms with Crippen LogP contribution < -0.4 is 0 Å².